The highest BCUT2D eigenvalue weighted by Gasteiger charge is 2.31. The fraction of sp³-hybridized carbons (Fsp3) is 0.769. The van der Waals surface area contributed by atoms with Crippen LogP contribution in [0.3, 0.4) is 0 Å². The van der Waals surface area contributed by atoms with Crippen LogP contribution < -0.4 is 5.32 Å². The zero-order chi connectivity index (χ0) is 12.3. The Balaban J connectivity index is 1.99. The lowest BCUT2D eigenvalue weighted by Gasteiger charge is -2.25. The molecule has 1 aliphatic rings. The van der Waals surface area contributed by atoms with Gasteiger partial charge in [0.15, 0.2) is 0 Å². The number of aromatic nitrogens is 2. The van der Waals surface area contributed by atoms with Crippen molar-refractivity contribution < 1.29 is 4.74 Å². The van der Waals surface area contributed by atoms with Gasteiger partial charge in [-0.2, -0.15) is 5.10 Å². The lowest BCUT2D eigenvalue weighted by Crippen LogP contribution is -2.38. The van der Waals surface area contributed by atoms with Crippen LogP contribution in [0.25, 0.3) is 0 Å². The van der Waals surface area contributed by atoms with Crippen molar-refractivity contribution in [3.63, 3.8) is 0 Å². The van der Waals surface area contributed by atoms with Crippen molar-refractivity contribution in [2.75, 3.05) is 13.7 Å². The molecule has 2 heterocycles. The van der Waals surface area contributed by atoms with Crippen LogP contribution in [0.2, 0.25) is 0 Å². The third kappa shape index (κ3) is 2.87. The van der Waals surface area contributed by atoms with E-state index >= 15 is 0 Å². The topological polar surface area (TPSA) is 39.1 Å². The third-order valence-electron chi connectivity index (χ3n) is 3.79. The number of nitrogens with zero attached hydrogens (tertiary/aromatic N) is 2. The van der Waals surface area contributed by atoms with E-state index < -0.39 is 0 Å². The van der Waals surface area contributed by atoms with Gasteiger partial charge < -0.3 is 10.1 Å². The molecule has 0 spiro atoms. The first-order valence-electron chi connectivity index (χ1n) is 6.54. The Morgan fingerprint density at radius 3 is 3.00 bits per heavy atom. The Labute approximate surface area is 103 Å². The SMILES string of the molecule is CCn1cc(CC(NC)C2CCOC2C)cn1. The van der Waals surface area contributed by atoms with Crippen LogP contribution in [0, 0.1) is 5.92 Å². The molecule has 0 aromatic carbocycles. The predicted molar refractivity (Wildman–Crippen MR) is 68.0 cm³/mol. The largest absolute Gasteiger partial charge is 0.378 e. The number of hydrogen-bond acceptors (Lipinski definition) is 3. The molecule has 0 amide bonds. The molecule has 1 saturated heterocycles. The Hall–Kier alpha value is -0.870. The first kappa shape index (κ1) is 12.6. The van der Waals surface area contributed by atoms with Crippen LogP contribution in [0.5, 0.6) is 0 Å². The lowest BCUT2D eigenvalue weighted by molar-refractivity contribution is 0.0963. The van der Waals surface area contributed by atoms with Crippen LogP contribution in [0.4, 0.5) is 0 Å². The van der Waals surface area contributed by atoms with Gasteiger partial charge in [0.2, 0.25) is 0 Å². The molecular weight excluding hydrogens is 214 g/mol. The van der Waals surface area contributed by atoms with Gasteiger partial charge in [0.1, 0.15) is 0 Å². The van der Waals surface area contributed by atoms with Crippen LogP contribution >= 0.6 is 0 Å². The second kappa shape index (κ2) is 5.65. The first-order valence-corrected chi connectivity index (χ1v) is 6.54. The Morgan fingerprint density at radius 2 is 2.47 bits per heavy atom. The van der Waals surface area contributed by atoms with Crippen LogP contribution in [0.1, 0.15) is 25.8 Å². The van der Waals surface area contributed by atoms with Gasteiger partial charge in [0.05, 0.1) is 12.3 Å². The molecule has 4 nitrogen and oxygen atoms in total. The summed E-state index contributed by atoms with van der Waals surface area (Å²) in [6.45, 7) is 6.13. The fourth-order valence-electron chi connectivity index (χ4n) is 2.68. The van der Waals surface area contributed by atoms with Crippen molar-refractivity contribution in [2.45, 2.75) is 45.4 Å². The van der Waals surface area contributed by atoms with E-state index in [4.69, 9.17) is 4.74 Å². The maximum atomic E-state index is 5.65. The van der Waals surface area contributed by atoms with Gasteiger partial charge in [-0.05, 0) is 39.3 Å². The van der Waals surface area contributed by atoms with E-state index in [-0.39, 0.29) is 0 Å². The molecule has 2 rings (SSSR count). The molecular formula is C13H23N3O. The third-order valence-corrected chi connectivity index (χ3v) is 3.79. The van der Waals surface area contributed by atoms with E-state index in [0.717, 1.165) is 26.0 Å². The molecule has 0 saturated carbocycles. The fourth-order valence-corrected chi connectivity index (χ4v) is 2.68. The van der Waals surface area contributed by atoms with Gasteiger partial charge >= 0.3 is 0 Å². The second-order valence-corrected chi connectivity index (χ2v) is 4.83. The quantitative estimate of drug-likeness (QED) is 0.842. The first-order chi connectivity index (χ1) is 8.24. The monoisotopic (exact) mass is 237 g/mol. The molecule has 0 radical (unpaired) electrons. The molecule has 0 aliphatic carbocycles. The van der Waals surface area contributed by atoms with E-state index in [1.54, 1.807) is 0 Å². The highest BCUT2D eigenvalue weighted by atomic mass is 16.5. The Morgan fingerprint density at radius 1 is 1.65 bits per heavy atom. The molecule has 17 heavy (non-hydrogen) atoms. The summed E-state index contributed by atoms with van der Waals surface area (Å²) >= 11 is 0. The molecule has 96 valence electrons. The second-order valence-electron chi connectivity index (χ2n) is 4.83. The van der Waals surface area contributed by atoms with E-state index in [2.05, 4.69) is 30.5 Å². The average molecular weight is 237 g/mol. The summed E-state index contributed by atoms with van der Waals surface area (Å²) in [5.74, 6) is 0.616. The standard InChI is InChI=1S/C13H23N3O/c1-4-16-9-11(8-15-16)7-13(14-3)12-5-6-17-10(12)2/h8-10,12-14H,4-7H2,1-3H3. The molecule has 1 aromatic heterocycles. The predicted octanol–water partition coefficient (Wildman–Crippen LogP) is 1.46. The number of ether oxygens (including phenoxy) is 1. The Kier molecular flexibility index (Phi) is 4.18. The minimum Gasteiger partial charge on any atom is -0.378 e. The van der Waals surface area contributed by atoms with Gasteiger partial charge in [0.25, 0.3) is 0 Å². The molecule has 3 atom stereocenters. The zero-order valence-corrected chi connectivity index (χ0v) is 11.0. The van der Waals surface area contributed by atoms with Crippen molar-refractivity contribution in [3.8, 4) is 0 Å². The van der Waals surface area contributed by atoms with Gasteiger partial charge in [-0.1, -0.05) is 0 Å². The van der Waals surface area contributed by atoms with Crippen molar-refractivity contribution in [1.29, 1.82) is 0 Å². The smallest absolute Gasteiger partial charge is 0.0590 e. The molecule has 3 unspecified atom stereocenters. The summed E-state index contributed by atoms with van der Waals surface area (Å²) in [5, 5.41) is 7.76. The van der Waals surface area contributed by atoms with Crippen LogP contribution in [-0.2, 0) is 17.7 Å². The van der Waals surface area contributed by atoms with E-state index in [9.17, 15) is 0 Å². The van der Waals surface area contributed by atoms with E-state index in [0.29, 0.717) is 18.1 Å². The van der Waals surface area contributed by atoms with Crippen LogP contribution in [0.15, 0.2) is 12.4 Å². The molecule has 4 heteroatoms. The minimum atomic E-state index is 0.369. The Bertz CT molecular complexity index is 350. The minimum absolute atomic E-state index is 0.369. The molecule has 1 fully saturated rings. The van der Waals surface area contributed by atoms with Crippen molar-refractivity contribution in [1.82, 2.24) is 15.1 Å². The maximum absolute atomic E-state index is 5.65. The summed E-state index contributed by atoms with van der Waals surface area (Å²) in [5.41, 5.74) is 1.31. The molecule has 0 bridgehead atoms. The van der Waals surface area contributed by atoms with Crippen molar-refractivity contribution >= 4 is 0 Å². The highest BCUT2D eigenvalue weighted by molar-refractivity contribution is 5.07. The number of likely N-dealkylation sites (N-methyl/N-ethyl adjacent to an activating group) is 1. The number of nitrogens with one attached hydrogen (secondary N) is 1. The van der Waals surface area contributed by atoms with Gasteiger partial charge in [0, 0.05) is 31.3 Å². The summed E-state index contributed by atoms with van der Waals surface area (Å²) in [4.78, 5) is 0. The van der Waals surface area contributed by atoms with Gasteiger partial charge in [-0.3, -0.25) is 4.68 Å². The average Bonchev–Trinajstić information content (AvgIpc) is 2.95. The van der Waals surface area contributed by atoms with E-state index in [1.165, 1.54) is 5.56 Å². The summed E-state index contributed by atoms with van der Waals surface area (Å²) < 4.78 is 7.63. The van der Waals surface area contributed by atoms with E-state index in [1.807, 2.05) is 17.9 Å². The summed E-state index contributed by atoms with van der Waals surface area (Å²) in [7, 11) is 2.04. The zero-order valence-electron chi connectivity index (χ0n) is 11.0. The normalized spacial score (nSPS) is 26.3. The lowest BCUT2D eigenvalue weighted by atomic mass is 9.90. The summed E-state index contributed by atoms with van der Waals surface area (Å²) in [6.07, 6.45) is 6.69. The van der Waals surface area contributed by atoms with Crippen molar-refractivity contribution in [2.24, 2.45) is 5.92 Å². The van der Waals surface area contributed by atoms with Crippen LogP contribution in [-0.4, -0.2) is 35.6 Å². The molecule has 1 N–H and O–H groups in total. The number of aryl methyl sites for hydroxylation is 1. The molecule has 1 aliphatic heterocycles. The highest BCUT2D eigenvalue weighted by Crippen LogP contribution is 2.25. The molecule has 1 aromatic rings. The maximum Gasteiger partial charge on any atom is 0.0590 e. The number of rotatable bonds is 5. The van der Waals surface area contributed by atoms with Crippen molar-refractivity contribution in [3.05, 3.63) is 18.0 Å². The number of hydrogen-bond donors (Lipinski definition) is 1. The van der Waals surface area contributed by atoms with Gasteiger partial charge in [-0.25, -0.2) is 0 Å². The van der Waals surface area contributed by atoms with Gasteiger partial charge in [-0.15, -0.1) is 0 Å². The summed E-state index contributed by atoms with van der Waals surface area (Å²) in [6, 6.07) is 0.488.